The molecule has 160 valence electrons. The highest BCUT2D eigenvalue weighted by molar-refractivity contribution is 6.07. The molecule has 6 heteroatoms. The van der Waals surface area contributed by atoms with E-state index in [4.69, 9.17) is 18.9 Å². The van der Waals surface area contributed by atoms with Crippen LogP contribution in [-0.2, 0) is 9.53 Å². The first-order chi connectivity index (χ1) is 14.2. The van der Waals surface area contributed by atoms with Gasteiger partial charge in [0.2, 0.25) is 6.79 Å². The van der Waals surface area contributed by atoms with Gasteiger partial charge in [-0.15, -0.1) is 0 Å². The number of ether oxygens (including phenoxy) is 4. The van der Waals surface area contributed by atoms with Crippen molar-refractivity contribution < 1.29 is 28.5 Å². The Bertz CT molecular complexity index is 920. The third-order valence-electron chi connectivity index (χ3n) is 4.35. The number of allylic oxidation sites excluding steroid dienone is 1. The van der Waals surface area contributed by atoms with Crippen molar-refractivity contribution in [1.82, 2.24) is 0 Å². The third-order valence-corrected chi connectivity index (χ3v) is 4.35. The Labute approximate surface area is 177 Å². The van der Waals surface area contributed by atoms with Crippen molar-refractivity contribution in [1.29, 1.82) is 0 Å². The van der Waals surface area contributed by atoms with Crippen LogP contribution in [0.2, 0.25) is 0 Å². The fraction of sp³-hybridized carbons (Fsp3) is 0.333. The van der Waals surface area contributed by atoms with Crippen LogP contribution < -0.4 is 14.2 Å². The second-order valence-electron chi connectivity index (χ2n) is 7.70. The Morgan fingerprint density at radius 2 is 1.63 bits per heavy atom. The van der Waals surface area contributed by atoms with E-state index in [1.165, 1.54) is 6.08 Å². The van der Waals surface area contributed by atoms with E-state index in [-0.39, 0.29) is 18.5 Å². The zero-order chi connectivity index (χ0) is 22.3. The van der Waals surface area contributed by atoms with Crippen LogP contribution in [0.15, 0.2) is 42.5 Å². The van der Waals surface area contributed by atoms with Crippen molar-refractivity contribution in [3.8, 4) is 17.2 Å². The summed E-state index contributed by atoms with van der Waals surface area (Å²) in [4.78, 5) is 24.3. The molecule has 0 fully saturated rings. The Hall–Kier alpha value is -3.28. The summed E-state index contributed by atoms with van der Waals surface area (Å²) in [7, 11) is 3.15. The summed E-state index contributed by atoms with van der Waals surface area (Å²) in [6.45, 7) is 7.05. The average Bonchev–Trinajstić information content (AvgIpc) is 2.71. The van der Waals surface area contributed by atoms with Gasteiger partial charge in [0, 0.05) is 5.56 Å². The maximum Gasteiger partial charge on any atom is 0.314 e. The van der Waals surface area contributed by atoms with Crippen molar-refractivity contribution in [2.75, 3.05) is 21.0 Å². The van der Waals surface area contributed by atoms with E-state index < -0.39 is 5.41 Å². The van der Waals surface area contributed by atoms with Crippen LogP contribution in [0, 0.1) is 12.3 Å². The van der Waals surface area contributed by atoms with Gasteiger partial charge in [-0.05, 0) is 75.7 Å². The monoisotopic (exact) mass is 412 g/mol. The van der Waals surface area contributed by atoms with Gasteiger partial charge in [-0.1, -0.05) is 6.07 Å². The number of carbonyl (C=O) groups excluding carboxylic acids is 2. The highest BCUT2D eigenvalue weighted by atomic mass is 16.7. The molecule has 30 heavy (non-hydrogen) atoms. The fourth-order valence-corrected chi connectivity index (χ4v) is 2.64. The number of esters is 1. The summed E-state index contributed by atoms with van der Waals surface area (Å²) in [5.74, 6) is 1.26. The summed E-state index contributed by atoms with van der Waals surface area (Å²) < 4.78 is 21.3. The topological polar surface area (TPSA) is 71.1 Å². The molecular weight excluding hydrogens is 384 g/mol. The Balaban J connectivity index is 2.05. The number of ketones is 1. The maximum atomic E-state index is 12.5. The lowest BCUT2D eigenvalue weighted by molar-refractivity contribution is -0.159. The molecule has 0 saturated carbocycles. The molecule has 0 spiro atoms. The van der Waals surface area contributed by atoms with Crippen molar-refractivity contribution in [2.24, 2.45) is 5.41 Å². The van der Waals surface area contributed by atoms with Gasteiger partial charge in [-0.3, -0.25) is 9.59 Å². The minimum absolute atomic E-state index is 0.175. The first-order valence-electron chi connectivity index (χ1n) is 9.51. The lowest BCUT2D eigenvalue weighted by Crippen LogP contribution is -2.24. The maximum absolute atomic E-state index is 12.5. The van der Waals surface area contributed by atoms with Crippen molar-refractivity contribution in [3.05, 3.63) is 59.2 Å². The zero-order valence-electron chi connectivity index (χ0n) is 18.3. The summed E-state index contributed by atoms with van der Waals surface area (Å²) in [6, 6.07) is 10.3. The van der Waals surface area contributed by atoms with Crippen LogP contribution >= 0.6 is 0 Å². The van der Waals surface area contributed by atoms with E-state index in [1.807, 2.05) is 19.1 Å². The fourth-order valence-electron chi connectivity index (χ4n) is 2.64. The number of rotatable bonds is 8. The third kappa shape index (κ3) is 5.86. The molecule has 0 aliphatic heterocycles. The van der Waals surface area contributed by atoms with E-state index in [2.05, 4.69) is 0 Å². The molecule has 0 heterocycles. The Kier molecular flexibility index (Phi) is 7.64. The average molecular weight is 412 g/mol. The van der Waals surface area contributed by atoms with Crippen LogP contribution in [0.3, 0.4) is 0 Å². The molecular formula is C24H28O6. The lowest BCUT2D eigenvalue weighted by Gasteiger charge is -2.16. The summed E-state index contributed by atoms with van der Waals surface area (Å²) in [6.07, 6.45) is 3.16. The van der Waals surface area contributed by atoms with Gasteiger partial charge in [-0.2, -0.15) is 0 Å². The van der Waals surface area contributed by atoms with E-state index in [0.717, 1.165) is 5.56 Å². The lowest BCUT2D eigenvalue weighted by atomic mass is 9.98. The van der Waals surface area contributed by atoms with E-state index in [0.29, 0.717) is 28.4 Å². The number of carbonyl (C=O) groups is 2. The highest BCUT2D eigenvalue weighted by Crippen LogP contribution is 2.33. The van der Waals surface area contributed by atoms with Crippen LogP contribution in [0.1, 0.15) is 42.3 Å². The largest absolute Gasteiger partial charge is 0.496 e. The number of hydrogen-bond donors (Lipinski definition) is 0. The van der Waals surface area contributed by atoms with Crippen molar-refractivity contribution in [3.63, 3.8) is 0 Å². The Morgan fingerprint density at radius 1 is 0.967 bits per heavy atom. The molecule has 0 bridgehead atoms. The Morgan fingerprint density at radius 3 is 2.20 bits per heavy atom. The number of aryl methyl sites for hydroxylation is 1. The number of hydrogen-bond acceptors (Lipinski definition) is 6. The molecule has 0 aliphatic rings. The predicted octanol–water partition coefficient (Wildman–Crippen LogP) is 4.83. The molecule has 0 radical (unpaired) electrons. The molecule has 0 aromatic heterocycles. The molecule has 0 saturated heterocycles. The highest BCUT2D eigenvalue weighted by Gasteiger charge is 2.23. The molecule has 6 nitrogen and oxygen atoms in total. The van der Waals surface area contributed by atoms with E-state index in [1.54, 1.807) is 65.3 Å². The van der Waals surface area contributed by atoms with Crippen molar-refractivity contribution >= 4 is 17.8 Å². The number of methoxy groups -OCH3 is 2. The molecule has 0 unspecified atom stereocenters. The quantitative estimate of drug-likeness (QED) is 0.268. The molecule has 2 aromatic rings. The molecule has 0 aliphatic carbocycles. The van der Waals surface area contributed by atoms with Crippen LogP contribution in [-0.4, -0.2) is 32.8 Å². The van der Waals surface area contributed by atoms with Gasteiger partial charge in [0.25, 0.3) is 0 Å². The van der Waals surface area contributed by atoms with Crippen LogP contribution in [0.5, 0.6) is 17.2 Å². The summed E-state index contributed by atoms with van der Waals surface area (Å²) in [5.41, 5.74) is 1.55. The first-order valence-corrected chi connectivity index (χ1v) is 9.51. The standard InChI is InChI=1S/C24H28O6/c1-16-7-14-21(27-5)19(22(16)28-6)12-13-20(25)17-8-10-18(11-9-17)29-15-30-23(26)24(2,3)4/h7-14H,15H2,1-6H3/b13-12+. The van der Waals surface area contributed by atoms with Crippen LogP contribution in [0.25, 0.3) is 6.08 Å². The van der Waals surface area contributed by atoms with Crippen LogP contribution in [0.4, 0.5) is 0 Å². The van der Waals surface area contributed by atoms with E-state index >= 15 is 0 Å². The minimum atomic E-state index is -0.589. The molecule has 0 N–H and O–H groups in total. The van der Waals surface area contributed by atoms with Gasteiger partial charge in [0.15, 0.2) is 5.78 Å². The van der Waals surface area contributed by atoms with E-state index in [9.17, 15) is 9.59 Å². The van der Waals surface area contributed by atoms with Gasteiger partial charge < -0.3 is 18.9 Å². The molecule has 0 atom stereocenters. The molecule has 2 rings (SSSR count). The van der Waals surface area contributed by atoms with Gasteiger partial charge >= 0.3 is 5.97 Å². The SMILES string of the molecule is COc1ccc(C)c(OC)c1/C=C/C(=O)c1ccc(OCOC(=O)C(C)(C)C)cc1. The van der Waals surface area contributed by atoms with Gasteiger partial charge in [-0.25, -0.2) is 0 Å². The minimum Gasteiger partial charge on any atom is -0.496 e. The smallest absolute Gasteiger partial charge is 0.314 e. The molecule has 2 aromatic carbocycles. The normalized spacial score (nSPS) is 11.3. The van der Waals surface area contributed by atoms with Gasteiger partial charge in [0.05, 0.1) is 25.2 Å². The predicted molar refractivity (Wildman–Crippen MR) is 115 cm³/mol. The zero-order valence-corrected chi connectivity index (χ0v) is 18.3. The number of benzene rings is 2. The first kappa shape index (κ1) is 23.0. The summed E-state index contributed by atoms with van der Waals surface area (Å²) in [5, 5.41) is 0. The second kappa shape index (κ2) is 9.96. The molecule has 0 amide bonds. The van der Waals surface area contributed by atoms with Gasteiger partial charge in [0.1, 0.15) is 17.2 Å². The second-order valence-corrected chi connectivity index (χ2v) is 7.70. The summed E-state index contributed by atoms with van der Waals surface area (Å²) >= 11 is 0. The van der Waals surface area contributed by atoms with Crippen molar-refractivity contribution in [2.45, 2.75) is 27.7 Å².